The number of piperidine rings is 1. The number of benzene rings is 1. The Labute approximate surface area is 127 Å². The summed E-state index contributed by atoms with van der Waals surface area (Å²) in [6.45, 7) is 7.98. The molecule has 0 amide bonds. The van der Waals surface area contributed by atoms with E-state index >= 15 is 0 Å². The third-order valence-corrected chi connectivity index (χ3v) is 4.68. The van der Waals surface area contributed by atoms with E-state index in [0.717, 1.165) is 30.7 Å². The molecule has 3 heteroatoms. The molecule has 3 rings (SSSR count). The molecule has 110 valence electrons. The van der Waals surface area contributed by atoms with Crippen molar-refractivity contribution in [2.75, 3.05) is 18.0 Å². The Kier molecular flexibility index (Phi) is 3.96. The summed E-state index contributed by atoms with van der Waals surface area (Å²) >= 11 is 6.24. The SMILES string of the molecule is CC1(C)CCCN(c2cc(Cl)ccc2CNC2CC2)C1. The van der Waals surface area contributed by atoms with Gasteiger partial charge in [0.2, 0.25) is 0 Å². The van der Waals surface area contributed by atoms with Gasteiger partial charge in [-0.05, 0) is 48.8 Å². The molecule has 1 aromatic carbocycles. The minimum Gasteiger partial charge on any atom is -0.371 e. The molecule has 20 heavy (non-hydrogen) atoms. The molecule has 1 N–H and O–H groups in total. The van der Waals surface area contributed by atoms with Crippen LogP contribution in [0.4, 0.5) is 5.69 Å². The topological polar surface area (TPSA) is 15.3 Å². The van der Waals surface area contributed by atoms with Crippen LogP contribution in [0, 0.1) is 5.41 Å². The fraction of sp³-hybridized carbons (Fsp3) is 0.647. The maximum absolute atomic E-state index is 6.24. The van der Waals surface area contributed by atoms with Crippen molar-refractivity contribution in [3.8, 4) is 0 Å². The Balaban J connectivity index is 1.80. The molecule has 1 saturated carbocycles. The normalized spacial score (nSPS) is 22.1. The van der Waals surface area contributed by atoms with Gasteiger partial charge in [-0.25, -0.2) is 0 Å². The van der Waals surface area contributed by atoms with Crippen LogP contribution >= 0.6 is 11.6 Å². The lowest BCUT2D eigenvalue weighted by molar-refractivity contribution is 0.293. The van der Waals surface area contributed by atoms with E-state index in [0.29, 0.717) is 5.41 Å². The Morgan fingerprint density at radius 1 is 1.35 bits per heavy atom. The minimum atomic E-state index is 0.405. The van der Waals surface area contributed by atoms with Crippen molar-refractivity contribution in [1.29, 1.82) is 0 Å². The number of halogens is 1. The van der Waals surface area contributed by atoms with Crippen LogP contribution in [0.25, 0.3) is 0 Å². The number of nitrogens with one attached hydrogen (secondary N) is 1. The minimum absolute atomic E-state index is 0.405. The highest BCUT2D eigenvalue weighted by Crippen LogP contribution is 2.34. The fourth-order valence-corrected chi connectivity index (χ4v) is 3.32. The molecule has 2 fully saturated rings. The Morgan fingerprint density at radius 2 is 2.15 bits per heavy atom. The average molecular weight is 293 g/mol. The molecule has 0 unspecified atom stereocenters. The quantitative estimate of drug-likeness (QED) is 0.894. The second-order valence-corrected chi connectivity index (χ2v) is 7.55. The number of hydrogen-bond acceptors (Lipinski definition) is 2. The maximum Gasteiger partial charge on any atom is 0.0426 e. The predicted molar refractivity (Wildman–Crippen MR) is 86.5 cm³/mol. The van der Waals surface area contributed by atoms with Gasteiger partial charge in [-0.3, -0.25) is 0 Å². The largest absolute Gasteiger partial charge is 0.371 e. The first-order valence-electron chi connectivity index (χ1n) is 7.80. The fourth-order valence-electron chi connectivity index (χ4n) is 3.15. The van der Waals surface area contributed by atoms with Crippen LogP contribution in [0.1, 0.15) is 45.1 Å². The third-order valence-electron chi connectivity index (χ3n) is 4.45. The van der Waals surface area contributed by atoms with Crippen LogP contribution in [-0.4, -0.2) is 19.1 Å². The smallest absolute Gasteiger partial charge is 0.0426 e. The molecular weight excluding hydrogens is 268 g/mol. The summed E-state index contributed by atoms with van der Waals surface area (Å²) in [5, 5.41) is 4.47. The summed E-state index contributed by atoms with van der Waals surface area (Å²) in [5.74, 6) is 0. The molecule has 0 aromatic heterocycles. The average Bonchev–Trinajstić information content (AvgIpc) is 3.20. The van der Waals surface area contributed by atoms with Crippen molar-refractivity contribution in [1.82, 2.24) is 5.32 Å². The zero-order valence-electron chi connectivity index (χ0n) is 12.6. The van der Waals surface area contributed by atoms with Gasteiger partial charge in [-0.1, -0.05) is 31.5 Å². The third kappa shape index (κ3) is 3.48. The summed E-state index contributed by atoms with van der Waals surface area (Å²) in [6.07, 6.45) is 5.26. The zero-order valence-corrected chi connectivity index (χ0v) is 13.3. The molecule has 0 spiro atoms. The van der Waals surface area contributed by atoms with Gasteiger partial charge >= 0.3 is 0 Å². The van der Waals surface area contributed by atoms with E-state index in [4.69, 9.17) is 11.6 Å². The summed E-state index contributed by atoms with van der Waals surface area (Å²) < 4.78 is 0. The van der Waals surface area contributed by atoms with Crippen molar-refractivity contribution in [3.63, 3.8) is 0 Å². The van der Waals surface area contributed by atoms with Gasteiger partial charge < -0.3 is 10.2 Å². The molecule has 1 aliphatic heterocycles. The summed E-state index contributed by atoms with van der Waals surface area (Å²) in [6, 6.07) is 7.10. The number of rotatable bonds is 4. The summed E-state index contributed by atoms with van der Waals surface area (Å²) in [4.78, 5) is 2.53. The van der Waals surface area contributed by atoms with Crippen molar-refractivity contribution in [3.05, 3.63) is 28.8 Å². The second kappa shape index (κ2) is 5.57. The highest BCUT2D eigenvalue weighted by Gasteiger charge is 2.28. The van der Waals surface area contributed by atoms with Gasteiger partial charge in [-0.15, -0.1) is 0 Å². The van der Waals surface area contributed by atoms with E-state index in [-0.39, 0.29) is 0 Å². The standard InChI is InChI=1S/C17H25ClN2/c1-17(2)8-3-9-20(12-17)16-10-14(18)5-4-13(16)11-19-15-6-7-15/h4-5,10,15,19H,3,6-9,11-12H2,1-2H3. The Morgan fingerprint density at radius 3 is 2.85 bits per heavy atom. The first-order valence-corrected chi connectivity index (χ1v) is 8.18. The predicted octanol–water partition coefficient (Wildman–Crippen LogP) is 4.22. The van der Waals surface area contributed by atoms with Crippen LogP contribution in [0.3, 0.4) is 0 Å². The number of nitrogens with zero attached hydrogens (tertiary/aromatic N) is 1. The zero-order chi connectivity index (χ0) is 14.2. The van der Waals surface area contributed by atoms with Gasteiger partial charge in [0.15, 0.2) is 0 Å². The van der Waals surface area contributed by atoms with E-state index in [1.165, 1.54) is 36.9 Å². The van der Waals surface area contributed by atoms with Gasteiger partial charge in [0.05, 0.1) is 0 Å². The van der Waals surface area contributed by atoms with Gasteiger partial charge in [0.25, 0.3) is 0 Å². The van der Waals surface area contributed by atoms with E-state index in [9.17, 15) is 0 Å². The van der Waals surface area contributed by atoms with Crippen LogP contribution in [0.15, 0.2) is 18.2 Å². The van der Waals surface area contributed by atoms with Crippen LogP contribution in [0.5, 0.6) is 0 Å². The van der Waals surface area contributed by atoms with E-state index in [2.05, 4.69) is 36.2 Å². The summed E-state index contributed by atoms with van der Waals surface area (Å²) in [5.41, 5.74) is 3.12. The monoisotopic (exact) mass is 292 g/mol. The molecule has 1 aliphatic carbocycles. The summed E-state index contributed by atoms with van der Waals surface area (Å²) in [7, 11) is 0. The molecule has 1 heterocycles. The lowest BCUT2D eigenvalue weighted by Crippen LogP contribution is -2.40. The maximum atomic E-state index is 6.24. The van der Waals surface area contributed by atoms with Crippen molar-refractivity contribution in [2.45, 2.75) is 52.1 Å². The Bertz CT molecular complexity index is 480. The van der Waals surface area contributed by atoms with Crippen molar-refractivity contribution in [2.24, 2.45) is 5.41 Å². The van der Waals surface area contributed by atoms with Crippen LogP contribution < -0.4 is 10.2 Å². The van der Waals surface area contributed by atoms with Crippen molar-refractivity contribution < 1.29 is 0 Å². The first kappa shape index (κ1) is 14.2. The lowest BCUT2D eigenvalue weighted by Gasteiger charge is -2.40. The molecule has 2 nitrogen and oxygen atoms in total. The molecule has 0 bridgehead atoms. The molecule has 0 atom stereocenters. The van der Waals surface area contributed by atoms with Gasteiger partial charge in [0, 0.05) is 36.4 Å². The molecule has 2 aliphatic rings. The number of hydrogen-bond donors (Lipinski definition) is 1. The van der Waals surface area contributed by atoms with Gasteiger partial charge in [-0.2, -0.15) is 0 Å². The van der Waals surface area contributed by atoms with Crippen LogP contribution in [0.2, 0.25) is 5.02 Å². The number of anilines is 1. The van der Waals surface area contributed by atoms with Crippen molar-refractivity contribution >= 4 is 17.3 Å². The first-order chi connectivity index (χ1) is 9.53. The molecule has 1 aromatic rings. The van der Waals surface area contributed by atoms with Gasteiger partial charge in [0.1, 0.15) is 0 Å². The van der Waals surface area contributed by atoms with Crippen LogP contribution in [-0.2, 0) is 6.54 Å². The van der Waals surface area contributed by atoms with E-state index < -0.39 is 0 Å². The van der Waals surface area contributed by atoms with E-state index in [1.54, 1.807) is 0 Å². The molecular formula is C17H25ClN2. The highest BCUT2D eigenvalue weighted by atomic mass is 35.5. The molecule has 1 saturated heterocycles. The molecule has 0 radical (unpaired) electrons. The van der Waals surface area contributed by atoms with E-state index in [1.807, 2.05) is 6.07 Å². The Hall–Kier alpha value is -0.730. The highest BCUT2D eigenvalue weighted by molar-refractivity contribution is 6.30. The second-order valence-electron chi connectivity index (χ2n) is 7.12. The lowest BCUT2D eigenvalue weighted by atomic mass is 9.84.